The zero-order valence-electron chi connectivity index (χ0n) is 10.3. The zero-order valence-corrected chi connectivity index (χ0v) is 11.1. The number of benzene rings is 1. The van der Waals surface area contributed by atoms with Crippen LogP contribution in [0, 0.1) is 12.3 Å². The molecule has 0 amide bonds. The second-order valence-electron chi connectivity index (χ2n) is 3.87. The fourth-order valence-electron chi connectivity index (χ4n) is 1.26. The molecule has 0 bridgehead atoms. The molecule has 0 atom stereocenters. The molecule has 6 heteroatoms. The quantitative estimate of drug-likeness (QED) is 0.655. The van der Waals surface area contributed by atoms with Gasteiger partial charge in [0.1, 0.15) is 10.6 Å². The Morgan fingerprint density at radius 2 is 1.83 bits per heavy atom. The van der Waals surface area contributed by atoms with Gasteiger partial charge in [0.05, 0.1) is 0 Å². The highest BCUT2D eigenvalue weighted by atomic mass is 32.2. The number of rotatable bonds is 5. The molecule has 0 aliphatic carbocycles. The molecule has 0 aliphatic heterocycles. The first-order chi connectivity index (χ1) is 8.36. The van der Waals surface area contributed by atoms with Gasteiger partial charge < -0.3 is 4.18 Å². The van der Waals surface area contributed by atoms with Crippen LogP contribution < -0.4 is 0 Å². The highest BCUT2D eigenvalue weighted by molar-refractivity contribution is 7.87. The van der Waals surface area contributed by atoms with E-state index in [1.165, 1.54) is 12.1 Å². The van der Waals surface area contributed by atoms with Gasteiger partial charge in [-0.1, -0.05) is 31.0 Å². The minimum absolute atomic E-state index is 0.0919. The molecule has 1 aromatic carbocycles. The molecule has 0 spiro atoms. The van der Waals surface area contributed by atoms with E-state index in [1.807, 2.05) is 6.92 Å². The van der Waals surface area contributed by atoms with Gasteiger partial charge in [-0.15, -0.1) is 0 Å². The fourth-order valence-corrected chi connectivity index (χ4v) is 2.12. The number of carbonyl (C=O) groups excluding carboxylic acids is 1. The number of nitrogens with one attached hydrogen (secondary N) is 1. The Labute approximate surface area is 106 Å². The van der Waals surface area contributed by atoms with E-state index in [4.69, 9.17) is 5.41 Å². The molecule has 0 saturated heterocycles. The van der Waals surface area contributed by atoms with Gasteiger partial charge in [0, 0.05) is 0 Å². The van der Waals surface area contributed by atoms with E-state index < -0.39 is 16.1 Å². The highest BCUT2D eigenvalue weighted by Gasteiger charge is 2.22. The minimum Gasteiger partial charge on any atom is -0.337 e. The highest BCUT2D eigenvalue weighted by Crippen LogP contribution is 2.13. The van der Waals surface area contributed by atoms with Gasteiger partial charge in [-0.25, -0.2) is 4.79 Å². The van der Waals surface area contributed by atoms with Crippen molar-refractivity contribution in [1.82, 2.24) is 0 Å². The standard InChI is InChI=1S/C12H15NO4S/c1-3-4-11(13)12(14)17-18(15,16)10-7-5-9(2)6-8-10/h5-8,13H,3-4H2,1-2H3. The van der Waals surface area contributed by atoms with Gasteiger partial charge >= 0.3 is 16.1 Å². The summed E-state index contributed by atoms with van der Waals surface area (Å²) in [6.07, 6.45) is 0.779. The molecule has 0 saturated carbocycles. The molecule has 5 nitrogen and oxygen atoms in total. The first kappa shape index (κ1) is 14.4. The van der Waals surface area contributed by atoms with Crippen LogP contribution in [0.3, 0.4) is 0 Å². The molecule has 0 fully saturated rings. The Bertz CT molecular complexity index is 546. The normalized spacial score (nSPS) is 11.0. The van der Waals surface area contributed by atoms with Crippen LogP contribution in [-0.4, -0.2) is 20.1 Å². The summed E-state index contributed by atoms with van der Waals surface area (Å²) in [5.74, 6) is -1.11. The lowest BCUT2D eigenvalue weighted by molar-refractivity contribution is -0.126. The van der Waals surface area contributed by atoms with E-state index in [-0.39, 0.29) is 17.0 Å². The van der Waals surface area contributed by atoms with Crippen LogP contribution in [0.15, 0.2) is 29.2 Å². The molecule has 98 valence electrons. The lowest BCUT2D eigenvalue weighted by Crippen LogP contribution is -2.20. The maximum atomic E-state index is 11.7. The Morgan fingerprint density at radius 3 is 2.33 bits per heavy atom. The van der Waals surface area contributed by atoms with Gasteiger partial charge in [0.2, 0.25) is 0 Å². The molecular weight excluding hydrogens is 254 g/mol. The van der Waals surface area contributed by atoms with E-state index in [1.54, 1.807) is 19.1 Å². The predicted octanol–water partition coefficient (Wildman–Crippen LogP) is 2.05. The van der Waals surface area contributed by atoms with Gasteiger partial charge in [-0.05, 0) is 25.5 Å². The fraction of sp³-hybridized carbons (Fsp3) is 0.333. The van der Waals surface area contributed by atoms with Crippen LogP contribution in [-0.2, 0) is 19.1 Å². The Balaban J connectivity index is 2.86. The van der Waals surface area contributed by atoms with Crippen molar-refractivity contribution in [3.05, 3.63) is 29.8 Å². The molecular formula is C12H15NO4S. The van der Waals surface area contributed by atoms with Crippen molar-refractivity contribution in [2.24, 2.45) is 0 Å². The molecule has 0 unspecified atom stereocenters. The van der Waals surface area contributed by atoms with E-state index in [0.717, 1.165) is 5.56 Å². The summed E-state index contributed by atoms with van der Waals surface area (Å²) in [5.41, 5.74) is 0.562. The average molecular weight is 269 g/mol. The van der Waals surface area contributed by atoms with Crippen LogP contribution >= 0.6 is 0 Å². The molecule has 0 heterocycles. The van der Waals surface area contributed by atoms with Crippen LogP contribution in [0.2, 0.25) is 0 Å². The first-order valence-corrected chi connectivity index (χ1v) is 6.90. The van der Waals surface area contributed by atoms with Crippen molar-refractivity contribution < 1.29 is 17.4 Å². The summed E-state index contributed by atoms with van der Waals surface area (Å²) in [7, 11) is -4.13. The Kier molecular flexibility index (Phi) is 4.61. The van der Waals surface area contributed by atoms with Crippen molar-refractivity contribution in [1.29, 1.82) is 5.41 Å². The van der Waals surface area contributed by atoms with Crippen molar-refractivity contribution in [3.63, 3.8) is 0 Å². The molecule has 18 heavy (non-hydrogen) atoms. The number of hydrogen-bond donors (Lipinski definition) is 1. The predicted molar refractivity (Wildman–Crippen MR) is 67.1 cm³/mol. The summed E-state index contributed by atoms with van der Waals surface area (Å²) < 4.78 is 27.8. The van der Waals surface area contributed by atoms with Crippen LogP contribution in [0.4, 0.5) is 0 Å². The summed E-state index contributed by atoms with van der Waals surface area (Å²) in [6, 6.07) is 5.94. The summed E-state index contributed by atoms with van der Waals surface area (Å²) in [4.78, 5) is 11.3. The largest absolute Gasteiger partial charge is 0.367 e. The summed E-state index contributed by atoms with van der Waals surface area (Å²) >= 11 is 0. The van der Waals surface area contributed by atoms with Crippen LogP contribution in [0.5, 0.6) is 0 Å². The third-order valence-corrected chi connectivity index (χ3v) is 3.46. The lowest BCUT2D eigenvalue weighted by Gasteiger charge is -2.06. The molecule has 0 aliphatic rings. The van der Waals surface area contributed by atoms with E-state index in [9.17, 15) is 13.2 Å². The molecule has 0 aromatic heterocycles. The minimum atomic E-state index is -4.13. The summed E-state index contributed by atoms with van der Waals surface area (Å²) in [5, 5.41) is 7.33. The molecule has 0 radical (unpaired) electrons. The number of aryl methyl sites for hydroxylation is 1. The van der Waals surface area contributed by atoms with Gasteiger partial charge in [0.25, 0.3) is 0 Å². The number of hydrogen-bond acceptors (Lipinski definition) is 5. The Morgan fingerprint density at radius 1 is 1.28 bits per heavy atom. The SMILES string of the molecule is CCCC(=N)C(=O)OS(=O)(=O)c1ccc(C)cc1. The third-order valence-electron chi connectivity index (χ3n) is 2.24. The first-order valence-electron chi connectivity index (χ1n) is 5.49. The van der Waals surface area contributed by atoms with E-state index >= 15 is 0 Å². The summed E-state index contributed by atoms with van der Waals surface area (Å²) in [6.45, 7) is 3.61. The average Bonchev–Trinajstić information content (AvgIpc) is 2.29. The zero-order chi connectivity index (χ0) is 13.8. The molecule has 1 aromatic rings. The van der Waals surface area contributed by atoms with Crippen molar-refractivity contribution >= 4 is 21.8 Å². The van der Waals surface area contributed by atoms with Crippen LogP contribution in [0.25, 0.3) is 0 Å². The molecule has 1 rings (SSSR count). The Hall–Kier alpha value is -1.69. The number of carbonyl (C=O) groups is 1. The topological polar surface area (TPSA) is 84.3 Å². The second kappa shape index (κ2) is 5.77. The second-order valence-corrected chi connectivity index (χ2v) is 5.41. The maximum Gasteiger partial charge on any atom is 0.367 e. The maximum absolute atomic E-state index is 11.7. The van der Waals surface area contributed by atoms with Crippen molar-refractivity contribution in [3.8, 4) is 0 Å². The van der Waals surface area contributed by atoms with Crippen molar-refractivity contribution in [2.75, 3.05) is 0 Å². The molecule has 1 N–H and O–H groups in total. The smallest absolute Gasteiger partial charge is 0.337 e. The lowest BCUT2D eigenvalue weighted by atomic mass is 10.2. The van der Waals surface area contributed by atoms with E-state index in [2.05, 4.69) is 4.18 Å². The monoisotopic (exact) mass is 269 g/mol. The van der Waals surface area contributed by atoms with Crippen molar-refractivity contribution in [2.45, 2.75) is 31.6 Å². The van der Waals surface area contributed by atoms with Gasteiger partial charge in [-0.3, -0.25) is 5.41 Å². The van der Waals surface area contributed by atoms with Crippen LogP contribution in [0.1, 0.15) is 25.3 Å². The third kappa shape index (κ3) is 3.66. The van der Waals surface area contributed by atoms with E-state index in [0.29, 0.717) is 6.42 Å². The van der Waals surface area contributed by atoms with Gasteiger partial charge in [0.15, 0.2) is 0 Å². The van der Waals surface area contributed by atoms with Gasteiger partial charge in [-0.2, -0.15) is 8.42 Å².